The fraction of sp³-hybridized carbons (Fsp3) is 0.0714. The molecular formula is C14H9N3O2S. The average molecular weight is 283 g/mol. The second-order valence-electron chi connectivity index (χ2n) is 4.14. The number of hydrogen-bond donors (Lipinski definition) is 0. The van der Waals surface area contributed by atoms with Gasteiger partial charge in [-0.1, -0.05) is 18.2 Å². The highest BCUT2D eigenvalue weighted by Crippen LogP contribution is 2.16. The highest BCUT2D eigenvalue weighted by Gasteiger charge is 2.14. The van der Waals surface area contributed by atoms with Gasteiger partial charge in [-0.25, -0.2) is 9.36 Å². The Hall–Kier alpha value is -2.65. The molecule has 0 spiro atoms. The second-order valence-corrected chi connectivity index (χ2v) is 5.05. The maximum atomic E-state index is 12.5. The number of aromatic nitrogens is 2. The number of thiophene rings is 1. The molecule has 2 heterocycles. The van der Waals surface area contributed by atoms with E-state index in [4.69, 9.17) is 5.26 Å². The third-order valence-corrected chi connectivity index (χ3v) is 3.89. The first-order chi connectivity index (χ1) is 9.74. The molecule has 0 aliphatic rings. The fourth-order valence-corrected chi connectivity index (χ4v) is 2.94. The molecule has 0 fully saturated rings. The van der Waals surface area contributed by atoms with Gasteiger partial charge < -0.3 is 0 Å². The van der Waals surface area contributed by atoms with E-state index in [1.54, 1.807) is 35.7 Å². The number of nitriles is 1. The molecule has 3 aromatic rings. The standard InChI is InChI=1S/C14H9N3O2S/c15-7-8-16-11-6-9-20-12(11)13(18)17(14(16)19)10-4-2-1-3-5-10/h1-6,9H,8H2. The van der Waals surface area contributed by atoms with Crippen molar-refractivity contribution in [3.63, 3.8) is 0 Å². The van der Waals surface area contributed by atoms with Crippen LogP contribution in [0, 0.1) is 11.3 Å². The first-order valence-electron chi connectivity index (χ1n) is 5.89. The number of hydrogen-bond acceptors (Lipinski definition) is 4. The Labute approximate surface area is 117 Å². The summed E-state index contributed by atoms with van der Waals surface area (Å²) in [6.07, 6.45) is 0. The smallest absolute Gasteiger partial charge is 0.278 e. The highest BCUT2D eigenvalue weighted by atomic mass is 32.1. The van der Waals surface area contributed by atoms with Gasteiger partial charge in [0.05, 0.1) is 17.3 Å². The minimum absolute atomic E-state index is 0.0841. The normalized spacial score (nSPS) is 10.6. The van der Waals surface area contributed by atoms with E-state index in [-0.39, 0.29) is 12.1 Å². The highest BCUT2D eigenvalue weighted by molar-refractivity contribution is 7.17. The van der Waals surface area contributed by atoms with Gasteiger partial charge in [0.15, 0.2) is 0 Å². The first-order valence-corrected chi connectivity index (χ1v) is 6.77. The maximum Gasteiger partial charge on any atom is 0.337 e. The van der Waals surface area contributed by atoms with Crippen LogP contribution in [0.4, 0.5) is 0 Å². The van der Waals surface area contributed by atoms with Crippen LogP contribution in [0.5, 0.6) is 0 Å². The molecule has 0 unspecified atom stereocenters. The van der Waals surface area contributed by atoms with E-state index in [2.05, 4.69) is 0 Å². The van der Waals surface area contributed by atoms with Crippen molar-refractivity contribution in [2.24, 2.45) is 0 Å². The van der Waals surface area contributed by atoms with Crippen LogP contribution in [0.2, 0.25) is 0 Å². The van der Waals surface area contributed by atoms with Crippen molar-refractivity contribution in [2.45, 2.75) is 6.54 Å². The summed E-state index contributed by atoms with van der Waals surface area (Å²) >= 11 is 1.27. The summed E-state index contributed by atoms with van der Waals surface area (Å²) in [6, 6.07) is 12.4. The molecule has 98 valence electrons. The fourth-order valence-electron chi connectivity index (χ4n) is 2.12. The summed E-state index contributed by atoms with van der Waals surface area (Å²) in [6.45, 7) is -0.0841. The van der Waals surface area contributed by atoms with E-state index >= 15 is 0 Å². The molecule has 0 atom stereocenters. The van der Waals surface area contributed by atoms with Crippen LogP contribution in [0.3, 0.4) is 0 Å². The number of para-hydroxylation sites is 1. The van der Waals surface area contributed by atoms with Crippen LogP contribution in [-0.4, -0.2) is 9.13 Å². The molecule has 3 rings (SSSR count). The first kappa shape index (κ1) is 12.4. The van der Waals surface area contributed by atoms with Crippen molar-refractivity contribution in [3.05, 3.63) is 62.6 Å². The molecule has 0 saturated heterocycles. The Morgan fingerprint density at radius 1 is 1.15 bits per heavy atom. The van der Waals surface area contributed by atoms with E-state index in [0.717, 1.165) is 4.57 Å². The number of rotatable bonds is 2. The van der Waals surface area contributed by atoms with E-state index < -0.39 is 5.69 Å². The molecule has 6 heteroatoms. The zero-order valence-electron chi connectivity index (χ0n) is 10.3. The maximum absolute atomic E-state index is 12.5. The van der Waals surface area contributed by atoms with Crippen LogP contribution in [0.1, 0.15) is 0 Å². The number of nitrogens with zero attached hydrogens (tertiary/aromatic N) is 3. The summed E-state index contributed by atoms with van der Waals surface area (Å²) in [5.74, 6) is 0. The van der Waals surface area contributed by atoms with Gasteiger partial charge in [0, 0.05) is 0 Å². The lowest BCUT2D eigenvalue weighted by molar-refractivity contribution is 0.735. The molecule has 0 bridgehead atoms. The van der Waals surface area contributed by atoms with Gasteiger partial charge in [-0.3, -0.25) is 9.36 Å². The van der Waals surface area contributed by atoms with Gasteiger partial charge in [-0.15, -0.1) is 11.3 Å². The lowest BCUT2D eigenvalue weighted by Gasteiger charge is -2.09. The zero-order valence-corrected chi connectivity index (χ0v) is 11.1. The van der Waals surface area contributed by atoms with E-state index in [1.165, 1.54) is 15.9 Å². The Morgan fingerprint density at radius 3 is 2.60 bits per heavy atom. The van der Waals surface area contributed by atoms with Crippen LogP contribution < -0.4 is 11.2 Å². The summed E-state index contributed by atoms with van der Waals surface area (Å²) in [7, 11) is 0. The molecule has 0 radical (unpaired) electrons. The van der Waals surface area contributed by atoms with Crippen molar-refractivity contribution in [1.82, 2.24) is 9.13 Å². The lowest BCUT2D eigenvalue weighted by atomic mass is 10.3. The minimum atomic E-state index is -0.492. The monoisotopic (exact) mass is 283 g/mol. The molecule has 2 aromatic heterocycles. The van der Waals surface area contributed by atoms with E-state index in [0.29, 0.717) is 15.9 Å². The van der Waals surface area contributed by atoms with Crippen molar-refractivity contribution in [2.75, 3.05) is 0 Å². The summed E-state index contributed by atoms with van der Waals surface area (Å²) in [5, 5.41) is 10.6. The molecular weight excluding hydrogens is 274 g/mol. The topological polar surface area (TPSA) is 67.8 Å². The zero-order chi connectivity index (χ0) is 14.1. The number of fused-ring (bicyclic) bond motifs is 1. The van der Waals surface area contributed by atoms with Crippen LogP contribution in [0.15, 0.2) is 51.4 Å². The van der Waals surface area contributed by atoms with Crippen LogP contribution in [0.25, 0.3) is 15.9 Å². The van der Waals surface area contributed by atoms with Gasteiger partial charge in [-0.2, -0.15) is 5.26 Å². The quantitative estimate of drug-likeness (QED) is 0.719. The molecule has 0 saturated carbocycles. The molecule has 0 aliphatic carbocycles. The van der Waals surface area contributed by atoms with Crippen molar-refractivity contribution in [1.29, 1.82) is 5.26 Å². The second kappa shape index (κ2) is 4.79. The van der Waals surface area contributed by atoms with Crippen LogP contribution in [-0.2, 0) is 6.54 Å². The number of benzene rings is 1. The Bertz CT molecular complexity index is 929. The SMILES string of the molecule is N#CCn1c(=O)n(-c2ccccc2)c(=O)c2sccc21. The van der Waals surface area contributed by atoms with Gasteiger partial charge >= 0.3 is 5.69 Å². The minimum Gasteiger partial charge on any atom is -0.278 e. The van der Waals surface area contributed by atoms with Gasteiger partial charge in [0.25, 0.3) is 5.56 Å². The molecule has 1 aromatic carbocycles. The molecule has 0 amide bonds. The Balaban J connectivity index is 2.48. The lowest BCUT2D eigenvalue weighted by Crippen LogP contribution is -2.38. The van der Waals surface area contributed by atoms with E-state index in [1.807, 2.05) is 12.1 Å². The molecule has 0 N–H and O–H groups in total. The predicted molar refractivity (Wildman–Crippen MR) is 77.3 cm³/mol. The molecule has 0 aliphatic heterocycles. The third kappa shape index (κ3) is 1.76. The summed E-state index contributed by atoms with van der Waals surface area (Å²) in [5.41, 5.74) is 0.178. The van der Waals surface area contributed by atoms with Crippen molar-refractivity contribution in [3.8, 4) is 11.8 Å². The van der Waals surface area contributed by atoms with Gasteiger partial charge in [0.2, 0.25) is 0 Å². The van der Waals surface area contributed by atoms with Crippen molar-refractivity contribution >= 4 is 21.6 Å². The Kier molecular flexibility index (Phi) is 2.97. The molecule has 5 nitrogen and oxygen atoms in total. The van der Waals surface area contributed by atoms with Crippen molar-refractivity contribution < 1.29 is 0 Å². The predicted octanol–water partition coefficient (Wildman–Crippen LogP) is 1.74. The largest absolute Gasteiger partial charge is 0.337 e. The average Bonchev–Trinajstić information content (AvgIpc) is 2.94. The van der Waals surface area contributed by atoms with Crippen LogP contribution >= 0.6 is 11.3 Å². The summed E-state index contributed by atoms with van der Waals surface area (Å²) < 4.78 is 2.90. The molecule has 20 heavy (non-hydrogen) atoms. The third-order valence-electron chi connectivity index (χ3n) is 3.00. The van der Waals surface area contributed by atoms with E-state index in [9.17, 15) is 9.59 Å². The summed E-state index contributed by atoms with van der Waals surface area (Å²) in [4.78, 5) is 24.9. The Morgan fingerprint density at radius 2 is 1.90 bits per heavy atom. The van der Waals surface area contributed by atoms with Gasteiger partial charge in [0.1, 0.15) is 11.2 Å². The van der Waals surface area contributed by atoms with Gasteiger partial charge in [-0.05, 0) is 23.6 Å².